The van der Waals surface area contributed by atoms with E-state index < -0.39 is 5.54 Å². The van der Waals surface area contributed by atoms with Crippen LogP contribution in [0.1, 0.15) is 16.7 Å². The minimum atomic E-state index is -0.731. The first kappa shape index (κ1) is 17.5. The standard InChI is InChI=1S/C24H18N4S/c1-4-10-20(11-5-1)24(21-12-6-2-7-13-21,22-14-8-3-9-15-22)28-26-23(25-27-28)19-16-17-29-18-19/h1-18H. The minimum Gasteiger partial charge on any atom is -0.152 e. The topological polar surface area (TPSA) is 43.6 Å². The van der Waals surface area contributed by atoms with E-state index >= 15 is 0 Å². The molecule has 29 heavy (non-hydrogen) atoms. The maximum Gasteiger partial charge on any atom is 0.205 e. The summed E-state index contributed by atoms with van der Waals surface area (Å²) in [7, 11) is 0. The van der Waals surface area contributed by atoms with E-state index in [2.05, 4.69) is 46.7 Å². The van der Waals surface area contributed by atoms with Crippen LogP contribution in [0.2, 0.25) is 0 Å². The van der Waals surface area contributed by atoms with Crippen LogP contribution in [-0.2, 0) is 5.54 Å². The summed E-state index contributed by atoms with van der Waals surface area (Å²) < 4.78 is 0. The number of benzene rings is 3. The van der Waals surface area contributed by atoms with E-state index in [4.69, 9.17) is 5.10 Å². The molecular formula is C24H18N4S. The predicted molar refractivity (Wildman–Crippen MR) is 116 cm³/mol. The van der Waals surface area contributed by atoms with Crippen molar-refractivity contribution in [1.82, 2.24) is 20.2 Å². The Morgan fingerprint density at radius 3 is 1.62 bits per heavy atom. The summed E-state index contributed by atoms with van der Waals surface area (Å²) in [6.07, 6.45) is 0. The Balaban J connectivity index is 1.84. The molecule has 0 aliphatic heterocycles. The highest BCUT2D eigenvalue weighted by molar-refractivity contribution is 7.08. The van der Waals surface area contributed by atoms with Gasteiger partial charge in [-0.2, -0.15) is 11.3 Å². The number of tetrazole rings is 1. The Kier molecular flexibility index (Phi) is 4.50. The van der Waals surface area contributed by atoms with Gasteiger partial charge in [0.05, 0.1) is 0 Å². The Bertz CT molecular complexity index is 1090. The number of hydrogen-bond donors (Lipinski definition) is 0. The molecule has 0 atom stereocenters. The summed E-state index contributed by atoms with van der Waals surface area (Å²) in [6.45, 7) is 0. The van der Waals surface area contributed by atoms with Crippen molar-refractivity contribution in [3.05, 3.63) is 125 Å². The highest BCUT2D eigenvalue weighted by atomic mass is 32.1. The van der Waals surface area contributed by atoms with Crippen molar-refractivity contribution in [2.24, 2.45) is 0 Å². The summed E-state index contributed by atoms with van der Waals surface area (Å²) in [6, 6.07) is 33.1. The van der Waals surface area contributed by atoms with E-state index in [0.717, 1.165) is 22.3 Å². The molecule has 5 aromatic rings. The van der Waals surface area contributed by atoms with Crippen LogP contribution < -0.4 is 0 Å². The van der Waals surface area contributed by atoms with E-state index in [9.17, 15) is 0 Å². The van der Waals surface area contributed by atoms with Gasteiger partial charge in [-0.15, -0.1) is 15.0 Å². The predicted octanol–water partition coefficient (Wildman–Crippen LogP) is 5.24. The van der Waals surface area contributed by atoms with Gasteiger partial charge in [-0.3, -0.25) is 0 Å². The fraction of sp³-hybridized carbons (Fsp3) is 0.0417. The first-order valence-corrected chi connectivity index (χ1v) is 10.3. The van der Waals surface area contributed by atoms with Crippen LogP contribution in [0.25, 0.3) is 11.4 Å². The Hall–Kier alpha value is -3.57. The summed E-state index contributed by atoms with van der Waals surface area (Å²) in [5.41, 5.74) is 3.47. The molecule has 0 radical (unpaired) electrons. The lowest BCUT2D eigenvalue weighted by molar-refractivity contribution is 0.396. The molecule has 0 N–H and O–H groups in total. The zero-order chi connectivity index (χ0) is 19.5. The lowest BCUT2D eigenvalue weighted by Crippen LogP contribution is -2.39. The van der Waals surface area contributed by atoms with Crippen molar-refractivity contribution >= 4 is 11.3 Å². The number of aromatic nitrogens is 4. The second-order valence-corrected chi connectivity index (χ2v) is 7.50. The van der Waals surface area contributed by atoms with Gasteiger partial charge < -0.3 is 0 Å². The molecule has 5 rings (SSSR count). The van der Waals surface area contributed by atoms with Gasteiger partial charge in [-0.05, 0) is 33.4 Å². The summed E-state index contributed by atoms with van der Waals surface area (Å²) in [5.74, 6) is 0.624. The third-order valence-corrected chi connectivity index (χ3v) is 5.75. The van der Waals surface area contributed by atoms with Crippen molar-refractivity contribution in [1.29, 1.82) is 0 Å². The van der Waals surface area contributed by atoms with Gasteiger partial charge in [-0.25, -0.2) is 0 Å². The summed E-state index contributed by atoms with van der Waals surface area (Å²) in [4.78, 5) is 1.75. The maximum atomic E-state index is 4.86. The van der Waals surface area contributed by atoms with Crippen molar-refractivity contribution in [3.63, 3.8) is 0 Å². The highest BCUT2D eigenvalue weighted by Crippen LogP contribution is 2.39. The molecule has 140 valence electrons. The molecule has 0 fully saturated rings. The zero-order valence-electron chi connectivity index (χ0n) is 15.6. The lowest BCUT2D eigenvalue weighted by atomic mass is 9.77. The third-order valence-electron chi connectivity index (χ3n) is 5.07. The van der Waals surface area contributed by atoms with Crippen LogP contribution in [0.15, 0.2) is 108 Å². The highest BCUT2D eigenvalue weighted by Gasteiger charge is 2.41. The van der Waals surface area contributed by atoms with E-state index in [1.165, 1.54) is 0 Å². The van der Waals surface area contributed by atoms with Crippen LogP contribution in [0.3, 0.4) is 0 Å². The van der Waals surface area contributed by atoms with Crippen molar-refractivity contribution in [3.8, 4) is 11.4 Å². The van der Waals surface area contributed by atoms with E-state index in [-0.39, 0.29) is 0 Å². The molecule has 4 nitrogen and oxygen atoms in total. The van der Waals surface area contributed by atoms with Crippen LogP contribution in [0, 0.1) is 0 Å². The molecule has 2 aromatic heterocycles. The second kappa shape index (κ2) is 7.45. The van der Waals surface area contributed by atoms with Crippen molar-refractivity contribution in [2.45, 2.75) is 5.54 Å². The van der Waals surface area contributed by atoms with E-state index in [1.807, 2.05) is 71.4 Å². The largest absolute Gasteiger partial charge is 0.205 e. The quantitative estimate of drug-likeness (QED) is 0.383. The molecule has 2 heterocycles. The van der Waals surface area contributed by atoms with Gasteiger partial charge in [0.15, 0.2) is 5.54 Å². The molecule has 0 saturated carbocycles. The molecule has 3 aromatic carbocycles. The number of thiophene rings is 1. The normalized spacial score (nSPS) is 11.4. The van der Waals surface area contributed by atoms with Crippen molar-refractivity contribution in [2.75, 3.05) is 0 Å². The monoisotopic (exact) mass is 394 g/mol. The molecule has 0 amide bonds. The average Bonchev–Trinajstić information content (AvgIpc) is 3.49. The van der Waals surface area contributed by atoms with Gasteiger partial charge in [0.25, 0.3) is 0 Å². The number of nitrogens with zero attached hydrogens (tertiary/aromatic N) is 4. The molecule has 0 spiro atoms. The third kappa shape index (κ3) is 2.96. The SMILES string of the molecule is c1ccc(C(c2ccccc2)(c2ccccc2)n2nnc(-c3ccsc3)n2)cc1. The van der Waals surface area contributed by atoms with Gasteiger partial charge in [0, 0.05) is 10.9 Å². The second-order valence-electron chi connectivity index (χ2n) is 6.72. The fourth-order valence-corrected chi connectivity index (χ4v) is 4.38. The van der Waals surface area contributed by atoms with Gasteiger partial charge in [0.2, 0.25) is 5.82 Å². The molecule has 5 heteroatoms. The summed E-state index contributed by atoms with van der Waals surface area (Å²) >= 11 is 1.62. The smallest absolute Gasteiger partial charge is 0.152 e. The molecule has 0 bridgehead atoms. The molecular weight excluding hydrogens is 376 g/mol. The molecule has 0 aliphatic rings. The van der Waals surface area contributed by atoms with Gasteiger partial charge >= 0.3 is 0 Å². The summed E-state index contributed by atoms with van der Waals surface area (Å²) in [5, 5.41) is 17.9. The first-order valence-electron chi connectivity index (χ1n) is 9.38. The Morgan fingerprint density at radius 2 is 1.17 bits per heavy atom. The molecule has 0 unspecified atom stereocenters. The Morgan fingerprint density at radius 1 is 0.655 bits per heavy atom. The average molecular weight is 395 g/mol. The van der Waals surface area contributed by atoms with Crippen molar-refractivity contribution < 1.29 is 0 Å². The number of hydrogen-bond acceptors (Lipinski definition) is 4. The van der Waals surface area contributed by atoms with Crippen LogP contribution >= 0.6 is 11.3 Å². The molecule has 0 aliphatic carbocycles. The van der Waals surface area contributed by atoms with Gasteiger partial charge in [0.1, 0.15) is 0 Å². The number of rotatable bonds is 5. The van der Waals surface area contributed by atoms with Crippen LogP contribution in [0.4, 0.5) is 0 Å². The molecule has 0 saturated heterocycles. The van der Waals surface area contributed by atoms with E-state index in [0.29, 0.717) is 5.82 Å². The van der Waals surface area contributed by atoms with Crippen LogP contribution in [0.5, 0.6) is 0 Å². The lowest BCUT2D eigenvalue weighted by Gasteiger charge is -2.34. The minimum absolute atomic E-state index is 0.624. The van der Waals surface area contributed by atoms with E-state index in [1.54, 1.807) is 16.1 Å². The van der Waals surface area contributed by atoms with Crippen LogP contribution in [-0.4, -0.2) is 20.2 Å². The zero-order valence-corrected chi connectivity index (χ0v) is 16.4. The first-order chi connectivity index (χ1) is 14.4. The van der Waals surface area contributed by atoms with Gasteiger partial charge in [-0.1, -0.05) is 91.0 Å². The fourth-order valence-electron chi connectivity index (χ4n) is 3.75. The Labute approximate surface area is 173 Å². The maximum absolute atomic E-state index is 4.86.